The van der Waals surface area contributed by atoms with Crippen molar-refractivity contribution in [2.45, 2.75) is 49.2 Å². The highest BCUT2D eigenvalue weighted by Crippen LogP contribution is 2.52. The summed E-state index contributed by atoms with van der Waals surface area (Å²) in [4.78, 5) is 18.9. The molecule has 0 spiro atoms. The van der Waals surface area contributed by atoms with Crippen molar-refractivity contribution in [2.75, 3.05) is 13.1 Å². The molecule has 3 aromatic heterocycles. The smallest absolute Gasteiger partial charge is 0.262 e. The molecular formula is C32H32ClFN6O4S. The van der Waals surface area contributed by atoms with Gasteiger partial charge in [0.1, 0.15) is 11.5 Å². The van der Waals surface area contributed by atoms with E-state index in [1.165, 1.54) is 33.4 Å². The molecule has 0 amide bonds. The minimum atomic E-state index is -4.01. The van der Waals surface area contributed by atoms with Crippen molar-refractivity contribution in [3.8, 4) is 5.69 Å². The number of hydrogen-bond donors (Lipinski definition) is 1. The zero-order valence-corrected chi connectivity index (χ0v) is 26.2. The van der Waals surface area contributed by atoms with Crippen LogP contribution in [0.4, 0.5) is 4.39 Å². The molecule has 7 rings (SSSR count). The summed E-state index contributed by atoms with van der Waals surface area (Å²) in [6.07, 6.45) is 9.78. The number of fused-ring (bicyclic) bond motifs is 2. The summed E-state index contributed by atoms with van der Waals surface area (Å²) in [5.74, 6) is -0.719. The van der Waals surface area contributed by atoms with Crippen LogP contribution in [0.3, 0.4) is 0 Å². The maximum Gasteiger partial charge on any atom is 0.262 e. The van der Waals surface area contributed by atoms with Gasteiger partial charge < -0.3 is 5.11 Å². The van der Waals surface area contributed by atoms with Crippen molar-refractivity contribution >= 4 is 33.5 Å². The monoisotopic (exact) mass is 650 g/mol. The number of carbonyl (C=O) groups excluding carboxylic acids is 1. The van der Waals surface area contributed by atoms with Crippen LogP contribution in [0.2, 0.25) is 5.02 Å². The molecule has 0 saturated heterocycles. The van der Waals surface area contributed by atoms with Gasteiger partial charge in [-0.2, -0.15) is 14.5 Å². The average molecular weight is 651 g/mol. The number of carbonyl (C=O) groups is 1. The molecule has 1 N–H and O–H groups in total. The molecule has 0 unspecified atom stereocenters. The van der Waals surface area contributed by atoms with Gasteiger partial charge in [-0.3, -0.25) is 14.5 Å². The summed E-state index contributed by atoms with van der Waals surface area (Å²) in [6, 6.07) is 10.7. The van der Waals surface area contributed by atoms with E-state index in [1.54, 1.807) is 48.4 Å². The molecule has 10 nitrogen and oxygen atoms in total. The fourth-order valence-electron chi connectivity index (χ4n) is 6.76. The van der Waals surface area contributed by atoms with Crippen LogP contribution in [0, 0.1) is 17.2 Å². The van der Waals surface area contributed by atoms with Crippen molar-refractivity contribution in [1.82, 2.24) is 28.9 Å². The summed E-state index contributed by atoms with van der Waals surface area (Å²) < 4.78 is 45.8. The van der Waals surface area contributed by atoms with Gasteiger partial charge in [0.05, 0.1) is 28.6 Å². The highest BCUT2D eigenvalue weighted by Gasteiger charge is 2.51. The van der Waals surface area contributed by atoms with Crippen LogP contribution in [0.25, 0.3) is 11.8 Å². The third kappa shape index (κ3) is 5.54. The second-order valence-electron chi connectivity index (χ2n) is 12.5. The maximum atomic E-state index is 14.5. The lowest BCUT2D eigenvalue weighted by Crippen LogP contribution is -2.47. The van der Waals surface area contributed by atoms with Crippen LogP contribution in [-0.4, -0.2) is 66.8 Å². The number of sulfonamides is 1. The number of pyridine rings is 1. The molecule has 2 fully saturated rings. The molecule has 45 heavy (non-hydrogen) atoms. The molecule has 234 valence electrons. The van der Waals surface area contributed by atoms with Crippen LogP contribution >= 0.6 is 11.6 Å². The Morgan fingerprint density at radius 1 is 1.20 bits per heavy atom. The Morgan fingerprint density at radius 2 is 1.98 bits per heavy atom. The van der Waals surface area contributed by atoms with Crippen LogP contribution < -0.4 is 0 Å². The van der Waals surface area contributed by atoms with Crippen LogP contribution in [-0.2, 0) is 23.5 Å². The van der Waals surface area contributed by atoms with Gasteiger partial charge in [0.2, 0.25) is 0 Å². The van der Waals surface area contributed by atoms with Crippen molar-refractivity contribution in [2.24, 2.45) is 18.4 Å². The minimum Gasteiger partial charge on any atom is -0.389 e. The molecule has 3 heterocycles. The fourth-order valence-corrected chi connectivity index (χ4v) is 8.47. The van der Waals surface area contributed by atoms with Gasteiger partial charge in [0, 0.05) is 37.6 Å². The number of aryl methyl sites for hydroxylation is 1. The Kier molecular flexibility index (Phi) is 7.31. The lowest BCUT2D eigenvalue weighted by molar-refractivity contribution is 0.0721. The minimum absolute atomic E-state index is 0.0313. The van der Waals surface area contributed by atoms with E-state index in [9.17, 15) is 22.7 Å². The molecule has 3 aliphatic carbocycles. The SMILES string of the molecule is Cn1ccc(S(=O)(=O)N(C[C@H]2CCC3=Cc4c(cnn4-c4ccc(F)cc4)C[C@]3(C(=O)c3cc(Cl)ccn3)C2)CC2(O)CC2)n1. The molecule has 1 aromatic carbocycles. The van der Waals surface area contributed by atoms with E-state index in [-0.39, 0.29) is 41.3 Å². The van der Waals surface area contributed by atoms with E-state index in [2.05, 4.69) is 15.2 Å². The first-order chi connectivity index (χ1) is 21.5. The Hall–Kier alpha value is -3.71. The molecule has 3 aliphatic rings. The van der Waals surface area contributed by atoms with Crippen molar-refractivity contribution < 1.29 is 22.7 Å². The number of allylic oxidation sites excluding steroid dienone is 1. The Balaban J connectivity index is 1.26. The molecule has 0 radical (unpaired) electrons. The Labute approximate surface area is 265 Å². The predicted octanol–water partition coefficient (Wildman–Crippen LogP) is 4.62. The highest BCUT2D eigenvalue weighted by molar-refractivity contribution is 7.89. The fraction of sp³-hybridized carbons (Fsp3) is 0.375. The van der Waals surface area contributed by atoms with Gasteiger partial charge in [-0.25, -0.2) is 17.5 Å². The Bertz CT molecular complexity index is 1930. The molecule has 13 heteroatoms. The van der Waals surface area contributed by atoms with Crippen molar-refractivity contribution in [3.63, 3.8) is 0 Å². The van der Waals surface area contributed by atoms with Crippen LogP contribution in [0.5, 0.6) is 0 Å². The van der Waals surface area contributed by atoms with Crippen molar-refractivity contribution in [3.05, 3.63) is 94.4 Å². The van der Waals surface area contributed by atoms with Gasteiger partial charge >= 0.3 is 0 Å². The van der Waals surface area contributed by atoms with E-state index in [4.69, 9.17) is 11.6 Å². The maximum absolute atomic E-state index is 14.5. The zero-order valence-electron chi connectivity index (χ0n) is 24.6. The number of nitrogens with zero attached hydrogens (tertiary/aromatic N) is 6. The first-order valence-electron chi connectivity index (χ1n) is 14.9. The predicted molar refractivity (Wildman–Crippen MR) is 165 cm³/mol. The van der Waals surface area contributed by atoms with Gasteiger partial charge in [-0.15, -0.1) is 0 Å². The van der Waals surface area contributed by atoms with E-state index >= 15 is 0 Å². The summed E-state index contributed by atoms with van der Waals surface area (Å²) in [6.45, 7) is 0.102. The molecule has 0 bridgehead atoms. The van der Waals surface area contributed by atoms with E-state index in [0.717, 1.165) is 16.8 Å². The zero-order chi connectivity index (χ0) is 31.6. The lowest BCUT2D eigenvalue weighted by Gasteiger charge is -2.44. The number of aromatic nitrogens is 5. The number of ketones is 1. The first kappa shape index (κ1) is 30.0. The number of Topliss-reactive ketones (excluding diaryl/α,β-unsaturated/α-hetero) is 1. The van der Waals surface area contributed by atoms with E-state index in [1.807, 2.05) is 6.08 Å². The average Bonchev–Trinajstić information content (AvgIpc) is 3.36. The quantitative estimate of drug-likeness (QED) is 0.262. The number of rotatable bonds is 9. The number of benzene rings is 1. The van der Waals surface area contributed by atoms with Crippen LogP contribution in [0.15, 0.2) is 71.7 Å². The normalized spacial score (nSPS) is 22.1. The molecule has 0 aliphatic heterocycles. The number of aliphatic hydroxyl groups is 1. The van der Waals surface area contributed by atoms with Gasteiger partial charge in [-0.1, -0.05) is 17.2 Å². The van der Waals surface area contributed by atoms with Crippen molar-refractivity contribution in [1.29, 1.82) is 0 Å². The summed E-state index contributed by atoms with van der Waals surface area (Å²) in [7, 11) is -2.35. The second-order valence-corrected chi connectivity index (χ2v) is 14.8. The van der Waals surface area contributed by atoms with Gasteiger partial charge in [0.25, 0.3) is 10.0 Å². The van der Waals surface area contributed by atoms with E-state index in [0.29, 0.717) is 49.2 Å². The number of hydrogen-bond acceptors (Lipinski definition) is 7. The molecular weight excluding hydrogens is 619 g/mol. The van der Waals surface area contributed by atoms with Crippen LogP contribution in [0.1, 0.15) is 53.8 Å². The van der Waals surface area contributed by atoms with Gasteiger partial charge in [-0.05, 0) is 98.5 Å². The summed E-state index contributed by atoms with van der Waals surface area (Å²) in [5.41, 5.74) is 1.48. The highest BCUT2D eigenvalue weighted by atomic mass is 35.5. The summed E-state index contributed by atoms with van der Waals surface area (Å²) in [5, 5.41) is 19.9. The third-order valence-corrected chi connectivity index (χ3v) is 11.2. The number of halogens is 2. The van der Waals surface area contributed by atoms with E-state index < -0.39 is 21.0 Å². The summed E-state index contributed by atoms with van der Waals surface area (Å²) >= 11 is 6.29. The largest absolute Gasteiger partial charge is 0.389 e. The molecule has 2 atom stereocenters. The Morgan fingerprint density at radius 3 is 2.67 bits per heavy atom. The second kappa shape index (κ2) is 11.0. The third-order valence-electron chi connectivity index (χ3n) is 9.28. The lowest BCUT2D eigenvalue weighted by atomic mass is 9.59. The standard InChI is InChI=1S/C32H32ClFN6O4S/c1-38-13-9-29(37-38)45(43,44)39(20-31(42)10-11-31)19-21-2-3-23-14-28-22(18-36-40(28)26-6-4-25(34)5-7-26)17-32(23,16-21)30(41)27-15-24(33)8-12-35-27/h4-9,12-15,18,21,42H,2-3,10-11,16-17,19-20H2,1H3/t21-,32+/m0/s1. The first-order valence-corrected chi connectivity index (χ1v) is 16.7. The molecule has 2 saturated carbocycles. The van der Waals surface area contributed by atoms with Gasteiger partial charge in [0.15, 0.2) is 10.8 Å². The molecule has 4 aromatic rings. The topological polar surface area (TPSA) is 123 Å².